The summed E-state index contributed by atoms with van der Waals surface area (Å²) in [6.45, 7) is 0. The minimum Gasteiger partial charge on any atom is -0.456 e. The molecule has 11 aromatic rings. The summed E-state index contributed by atoms with van der Waals surface area (Å²) in [5.74, 6) is 0.683. The SMILES string of the molecule is c1ccc(-c2nc(-c3ccc(-c4cccc5c4C(c4ccccc4)(c4ccccc4)c4ccccc4-5)cc3)cc(-c3ccccc3-c3ccc4oc5ccccc5c4c3)n2)cc1. The molecule has 290 valence electrons. The standard InChI is InChI=1S/C59H38N2O/c1-4-17-41(18-5-1)58-60-53(38-54(61-58)48-25-11-10-23-45(48)42-35-36-56-51(37-42)49-26-13-15-30-55(49)62-56)40-33-31-39(32-34-40)46-27-16-28-50-47-24-12-14-29-52(47)59(57(46)50,43-19-6-2-7-20-43)44-21-8-3-9-22-44/h1-38H. The number of furan rings is 1. The van der Waals surface area contributed by atoms with Gasteiger partial charge in [0.15, 0.2) is 5.82 Å². The van der Waals surface area contributed by atoms with Crippen LogP contribution in [0.3, 0.4) is 0 Å². The predicted octanol–water partition coefficient (Wildman–Crippen LogP) is 15.1. The summed E-state index contributed by atoms with van der Waals surface area (Å²) in [5.41, 5.74) is 18.2. The first-order valence-electron chi connectivity index (χ1n) is 21.1. The Labute approximate surface area is 360 Å². The zero-order chi connectivity index (χ0) is 41.0. The van der Waals surface area contributed by atoms with Crippen LogP contribution in [0, 0.1) is 0 Å². The summed E-state index contributed by atoms with van der Waals surface area (Å²) in [7, 11) is 0. The van der Waals surface area contributed by atoms with E-state index in [9.17, 15) is 0 Å². The third-order valence-corrected chi connectivity index (χ3v) is 12.6. The fourth-order valence-corrected chi connectivity index (χ4v) is 9.87. The molecule has 12 rings (SSSR count). The van der Waals surface area contributed by atoms with E-state index in [0.717, 1.165) is 66.7 Å². The van der Waals surface area contributed by atoms with Crippen LogP contribution in [0.1, 0.15) is 22.3 Å². The van der Waals surface area contributed by atoms with Crippen LogP contribution in [0.5, 0.6) is 0 Å². The highest BCUT2D eigenvalue weighted by Crippen LogP contribution is 2.58. The smallest absolute Gasteiger partial charge is 0.160 e. The molecule has 0 bridgehead atoms. The Kier molecular flexibility index (Phi) is 8.39. The van der Waals surface area contributed by atoms with Gasteiger partial charge in [0.25, 0.3) is 0 Å². The van der Waals surface area contributed by atoms with E-state index in [4.69, 9.17) is 14.4 Å². The van der Waals surface area contributed by atoms with Crippen LogP contribution in [0.15, 0.2) is 235 Å². The molecule has 0 saturated carbocycles. The number of rotatable bonds is 7. The molecule has 3 heteroatoms. The van der Waals surface area contributed by atoms with E-state index in [1.807, 2.05) is 30.3 Å². The first-order chi connectivity index (χ1) is 30.7. The maximum Gasteiger partial charge on any atom is 0.160 e. The molecule has 0 spiro atoms. The van der Waals surface area contributed by atoms with Gasteiger partial charge in [-0.3, -0.25) is 0 Å². The third-order valence-electron chi connectivity index (χ3n) is 12.6. The third kappa shape index (κ3) is 5.67. The summed E-state index contributed by atoms with van der Waals surface area (Å²) >= 11 is 0. The van der Waals surface area contributed by atoms with Crippen LogP contribution in [0.25, 0.3) is 89.2 Å². The highest BCUT2D eigenvalue weighted by molar-refractivity contribution is 6.06. The second-order valence-corrected chi connectivity index (χ2v) is 16.0. The molecule has 0 unspecified atom stereocenters. The van der Waals surface area contributed by atoms with Gasteiger partial charge in [-0.15, -0.1) is 0 Å². The van der Waals surface area contributed by atoms with Gasteiger partial charge in [-0.2, -0.15) is 0 Å². The Morgan fingerprint density at radius 3 is 1.63 bits per heavy atom. The first-order valence-corrected chi connectivity index (χ1v) is 21.1. The second kappa shape index (κ2) is 14.5. The van der Waals surface area contributed by atoms with Crippen molar-refractivity contribution in [3.05, 3.63) is 253 Å². The predicted molar refractivity (Wildman–Crippen MR) is 254 cm³/mol. The molecule has 2 aromatic heterocycles. The van der Waals surface area contributed by atoms with Gasteiger partial charge in [-0.05, 0) is 79.9 Å². The van der Waals surface area contributed by atoms with Crippen LogP contribution < -0.4 is 0 Å². The molecule has 0 fully saturated rings. The van der Waals surface area contributed by atoms with Crippen molar-refractivity contribution in [2.75, 3.05) is 0 Å². The monoisotopic (exact) mass is 790 g/mol. The number of benzene rings is 9. The number of fused-ring (bicyclic) bond motifs is 6. The van der Waals surface area contributed by atoms with E-state index in [1.165, 1.54) is 38.9 Å². The number of aromatic nitrogens is 2. The summed E-state index contributed by atoms with van der Waals surface area (Å²) in [5, 5.41) is 2.20. The quantitative estimate of drug-likeness (QED) is 0.161. The Morgan fingerprint density at radius 1 is 0.323 bits per heavy atom. The zero-order valence-corrected chi connectivity index (χ0v) is 33.7. The van der Waals surface area contributed by atoms with Crippen molar-refractivity contribution in [1.29, 1.82) is 0 Å². The molecule has 0 radical (unpaired) electrons. The van der Waals surface area contributed by atoms with Gasteiger partial charge in [0.1, 0.15) is 11.2 Å². The molecule has 62 heavy (non-hydrogen) atoms. The lowest BCUT2D eigenvalue weighted by atomic mass is 9.66. The minimum atomic E-state index is -0.502. The lowest BCUT2D eigenvalue weighted by Gasteiger charge is -2.35. The van der Waals surface area contributed by atoms with E-state index < -0.39 is 5.41 Å². The summed E-state index contributed by atoms with van der Waals surface area (Å²) in [6, 6.07) is 82.3. The number of para-hydroxylation sites is 1. The Balaban J connectivity index is 1.01. The highest BCUT2D eigenvalue weighted by atomic mass is 16.3. The average molecular weight is 791 g/mol. The van der Waals surface area contributed by atoms with E-state index in [1.54, 1.807) is 0 Å². The van der Waals surface area contributed by atoms with Crippen molar-refractivity contribution in [1.82, 2.24) is 9.97 Å². The molecule has 1 aliphatic rings. The molecule has 0 aliphatic heterocycles. The van der Waals surface area contributed by atoms with E-state index in [0.29, 0.717) is 5.82 Å². The number of nitrogens with zero attached hydrogens (tertiary/aromatic N) is 2. The number of hydrogen-bond acceptors (Lipinski definition) is 3. The molecule has 3 nitrogen and oxygen atoms in total. The van der Waals surface area contributed by atoms with Crippen LogP contribution in [-0.2, 0) is 5.41 Å². The first kappa shape index (κ1) is 35.8. The summed E-state index contributed by atoms with van der Waals surface area (Å²) in [4.78, 5) is 10.5. The van der Waals surface area contributed by atoms with Gasteiger partial charge in [-0.25, -0.2) is 9.97 Å². The molecule has 2 heterocycles. The Morgan fingerprint density at radius 2 is 0.871 bits per heavy atom. The molecule has 0 N–H and O–H groups in total. The molecule has 1 aliphatic carbocycles. The fraction of sp³-hybridized carbons (Fsp3) is 0.0169. The van der Waals surface area contributed by atoms with Crippen molar-refractivity contribution < 1.29 is 4.42 Å². The van der Waals surface area contributed by atoms with E-state index in [-0.39, 0.29) is 0 Å². The Bertz CT molecular complexity index is 3400. The largest absolute Gasteiger partial charge is 0.456 e. The minimum absolute atomic E-state index is 0.502. The summed E-state index contributed by atoms with van der Waals surface area (Å²) in [6.07, 6.45) is 0. The highest BCUT2D eigenvalue weighted by Gasteiger charge is 2.47. The van der Waals surface area contributed by atoms with Crippen molar-refractivity contribution >= 4 is 21.9 Å². The van der Waals surface area contributed by atoms with Crippen LogP contribution in [0.4, 0.5) is 0 Å². The molecule has 0 atom stereocenters. The van der Waals surface area contributed by atoms with Crippen molar-refractivity contribution in [2.24, 2.45) is 0 Å². The molecule has 0 amide bonds. The number of hydrogen-bond donors (Lipinski definition) is 0. The zero-order valence-electron chi connectivity index (χ0n) is 33.7. The maximum atomic E-state index is 6.19. The molecule has 9 aromatic carbocycles. The van der Waals surface area contributed by atoms with E-state index in [2.05, 4.69) is 200 Å². The van der Waals surface area contributed by atoms with Gasteiger partial charge in [0.05, 0.1) is 16.8 Å². The average Bonchev–Trinajstić information content (AvgIpc) is 3.88. The Hall–Kier alpha value is -8.14. The van der Waals surface area contributed by atoms with Gasteiger partial charge < -0.3 is 4.42 Å². The van der Waals surface area contributed by atoms with Crippen LogP contribution in [-0.4, -0.2) is 9.97 Å². The lowest BCUT2D eigenvalue weighted by molar-refractivity contribution is 0.669. The van der Waals surface area contributed by atoms with Crippen molar-refractivity contribution in [2.45, 2.75) is 5.41 Å². The normalized spacial score (nSPS) is 12.6. The van der Waals surface area contributed by atoms with E-state index >= 15 is 0 Å². The van der Waals surface area contributed by atoms with Crippen LogP contribution in [0.2, 0.25) is 0 Å². The van der Waals surface area contributed by atoms with Gasteiger partial charge in [-0.1, -0.05) is 206 Å². The fourth-order valence-electron chi connectivity index (χ4n) is 9.87. The lowest BCUT2D eigenvalue weighted by Crippen LogP contribution is -2.29. The topological polar surface area (TPSA) is 38.9 Å². The molecule has 0 saturated heterocycles. The summed E-state index contributed by atoms with van der Waals surface area (Å²) < 4.78 is 6.19. The van der Waals surface area contributed by atoms with Gasteiger partial charge >= 0.3 is 0 Å². The molecular weight excluding hydrogens is 753 g/mol. The second-order valence-electron chi connectivity index (χ2n) is 16.0. The molecular formula is C59H38N2O. The van der Waals surface area contributed by atoms with Crippen molar-refractivity contribution in [3.8, 4) is 67.3 Å². The maximum absolute atomic E-state index is 6.19. The van der Waals surface area contributed by atoms with Gasteiger partial charge in [0, 0.05) is 27.5 Å². The van der Waals surface area contributed by atoms with Gasteiger partial charge in [0.2, 0.25) is 0 Å². The van der Waals surface area contributed by atoms with Crippen molar-refractivity contribution in [3.63, 3.8) is 0 Å². The van der Waals surface area contributed by atoms with Crippen LogP contribution >= 0.6 is 0 Å².